The molecule has 7 heteroatoms. The topological polar surface area (TPSA) is 104 Å². The molecule has 0 fully saturated rings. The molecule has 1 amide bonds. The summed E-state index contributed by atoms with van der Waals surface area (Å²) in [5.41, 5.74) is 0. The van der Waals surface area contributed by atoms with Crippen molar-refractivity contribution in [2.24, 2.45) is 0 Å². The molecule has 0 aliphatic rings. The lowest BCUT2D eigenvalue weighted by atomic mass is 10.1. The Morgan fingerprint density at radius 3 is 1.60 bits per heavy atom. The number of amides is 1. The molecule has 0 bridgehead atoms. The number of carbonyl (C=O) groups excluding carboxylic acids is 1. The van der Waals surface area contributed by atoms with Crippen LogP contribution in [-0.2, 0) is 14.9 Å². The number of aliphatic hydroxyl groups is 1. The van der Waals surface area contributed by atoms with Crippen LogP contribution in [0, 0.1) is 0 Å². The van der Waals surface area contributed by atoms with E-state index in [0.29, 0.717) is 12.8 Å². The summed E-state index contributed by atoms with van der Waals surface area (Å²) in [6.07, 6.45) is 47.4. The van der Waals surface area contributed by atoms with Crippen LogP contribution in [0.25, 0.3) is 0 Å². The maximum atomic E-state index is 12.5. The zero-order valence-electron chi connectivity index (χ0n) is 29.9. The molecular formula is C40H69NO5S. The standard InChI is InChI=1S/C40H69NO5S/c1-3-5-7-9-11-13-15-16-17-18-19-20-21-22-23-24-26-28-30-32-34-36-40(43)41-38(37-47(44,45)46)39(42)35-33-31-29-27-25-14-12-10-8-6-4-2/h5,7,11,13,16-17,19-20,25,27,33,35,38-39,42H,3-4,6,8-10,12,14-15,18,21-24,26,28-32,34,36-37H2,1-2H3,(H,41,43)(H,44,45,46)/b7-5-,13-11-,17-16-,20-19-,27-25+,35-33+. The van der Waals surface area contributed by atoms with Crippen molar-refractivity contribution in [2.75, 3.05) is 5.75 Å². The molecule has 270 valence electrons. The zero-order valence-corrected chi connectivity index (χ0v) is 30.7. The summed E-state index contributed by atoms with van der Waals surface area (Å²) in [5.74, 6) is -1.02. The molecule has 47 heavy (non-hydrogen) atoms. The first-order valence-corrected chi connectivity index (χ1v) is 20.2. The highest BCUT2D eigenvalue weighted by molar-refractivity contribution is 7.85. The first-order valence-electron chi connectivity index (χ1n) is 18.6. The Morgan fingerprint density at radius 2 is 1.04 bits per heavy atom. The second-order valence-corrected chi connectivity index (χ2v) is 14.0. The predicted octanol–water partition coefficient (Wildman–Crippen LogP) is 10.7. The van der Waals surface area contributed by atoms with Crippen LogP contribution >= 0.6 is 0 Å². The third kappa shape index (κ3) is 34.9. The molecule has 0 aliphatic heterocycles. The SMILES string of the molecule is CC/C=C\C/C=C\C/C=C\C/C=C\CCCCCCCCCCC(=O)NC(CS(=O)(=O)O)C(O)/C=C/CC/C=C/CCCCCCC. The summed E-state index contributed by atoms with van der Waals surface area (Å²) in [7, 11) is -4.35. The maximum absolute atomic E-state index is 12.5. The third-order valence-electron chi connectivity index (χ3n) is 7.87. The Bertz CT molecular complexity index is 1010. The lowest BCUT2D eigenvalue weighted by molar-refractivity contribution is -0.122. The molecule has 0 rings (SSSR count). The summed E-state index contributed by atoms with van der Waals surface area (Å²) in [4.78, 5) is 12.5. The highest BCUT2D eigenvalue weighted by atomic mass is 32.2. The van der Waals surface area contributed by atoms with Crippen LogP contribution in [0.4, 0.5) is 0 Å². The summed E-state index contributed by atoms with van der Waals surface area (Å²) in [6, 6.07) is -1.08. The van der Waals surface area contributed by atoms with Crippen molar-refractivity contribution in [3.63, 3.8) is 0 Å². The molecule has 2 unspecified atom stereocenters. The molecule has 0 saturated carbocycles. The van der Waals surface area contributed by atoms with Gasteiger partial charge in [-0.2, -0.15) is 8.42 Å². The van der Waals surface area contributed by atoms with Crippen molar-refractivity contribution < 1.29 is 22.9 Å². The lowest BCUT2D eigenvalue weighted by Gasteiger charge is -2.21. The van der Waals surface area contributed by atoms with E-state index in [4.69, 9.17) is 0 Å². The second kappa shape index (κ2) is 33.7. The number of rotatable bonds is 32. The fourth-order valence-electron chi connectivity index (χ4n) is 5.10. The maximum Gasteiger partial charge on any atom is 0.267 e. The Hall–Kier alpha value is -2.22. The highest BCUT2D eigenvalue weighted by Crippen LogP contribution is 2.12. The normalized spacial score (nSPS) is 14.2. The van der Waals surface area contributed by atoms with Gasteiger partial charge >= 0.3 is 0 Å². The van der Waals surface area contributed by atoms with Gasteiger partial charge in [-0.1, -0.05) is 151 Å². The number of unbranched alkanes of at least 4 members (excludes halogenated alkanes) is 14. The first-order chi connectivity index (χ1) is 22.8. The number of aliphatic hydroxyl groups excluding tert-OH is 1. The van der Waals surface area contributed by atoms with E-state index < -0.39 is 28.0 Å². The average Bonchev–Trinajstić information content (AvgIpc) is 3.03. The summed E-state index contributed by atoms with van der Waals surface area (Å²) >= 11 is 0. The van der Waals surface area contributed by atoms with Gasteiger partial charge in [-0.3, -0.25) is 9.35 Å². The van der Waals surface area contributed by atoms with Crippen molar-refractivity contribution in [2.45, 2.75) is 167 Å². The van der Waals surface area contributed by atoms with E-state index in [9.17, 15) is 22.9 Å². The van der Waals surface area contributed by atoms with E-state index >= 15 is 0 Å². The molecule has 0 heterocycles. The molecule has 0 aliphatic carbocycles. The van der Waals surface area contributed by atoms with Crippen LogP contribution in [-0.4, -0.2) is 41.9 Å². The Labute approximate surface area is 289 Å². The van der Waals surface area contributed by atoms with E-state index in [1.54, 1.807) is 6.08 Å². The number of carbonyl (C=O) groups is 1. The van der Waals surface area contributed by atoms with Gasteiger partial charge in [0.15, 0.2) is 0 Å². The van der Waals surface area contributed by atoms with E-state index in [1.165, 1.54) is 63.9 Å². The van der Waals surface area contributed by atoms with Crippen molar-refractivity contribution in [1.82, 2.24) is 5.32 Å². The molecular weight excluding hydrogens is 607 g/mol. The number of hydrogen-bond donors (Lipinski definition) is 3. The number of allylic oxidation sites excluding steroid dienone is 11. The first kappa shape index (κ1) is 44.8. The second-order valence-electron chi connectivity index (χ2n) is 12.5. The van der Waals surface area contributed by atoms with Crippen molar-refractivity contribution in [3.8, 4) is 0 Å². The molecule has 0 radical (unpaired) electrons. The molecule has 0 saturated heterocycles. The molecule has 0 aromatic rings. The van der Waals surface area contributed by atoms with Gasteiger partial charge in [0.2, 0.25) is 5.91 Å². The molecule has 2 atom stereocenters. The van der Waals surface area contributed by atoms with E-state index in [1.807, 2.05) is 0 Å². The van der Waals surface area contributed by atoms with Gasteiger partial charge < -0.3 is 10.4 Å². The van der Waals surface area contributed by atoms with Crippen molar-refractivity contribution in [3.05, 3.63) is 72.9 Å². The van der Waals surface area contributed by atoms with Crippen LogP contribution in [0.15, 0.2) is 72.9 Å². The van der Waals surface area contributed by atoms with Crippen molar-refractivity contribution >= 4 is 16.0 Å². The highest BCUT2D eigenvalue weighted by Gasteiger charge is 2.24. The Balaban J connectivity index is 3.99. The lowest BCUT2D eigenvalue weighted by Crippen LogP contribution is -2.46. The van der Waals surface area contributed by atoms with Crippen molar-refractivity contribution in [1.29, 1.82) is 0 Å². The molecule has 0 aromatic carbocycles. The van der Waals surface area contributed by atoms with Crippen LogP contribution < -0.4 is 5.32 Å². The number of hydrogen-bond acceptors (Lipinski definition) is 4. The van der Waals surface area contributed by atoms with Gasteiger partial charge in [0.05, 0.1) is 17.9 Å². The number of nitrogens with one attached hydrogen (secondary N) is 1. The van der Waals surface area contributed by atoms with Gasteiger partial charge in [-0.25, -0.2) is 0 Å². The van der Waals surface area contributed by atoms with Crippen LogP contribution in [0.1, 0.15) is 155 Å². The fourth-order valence-corrected chi connectivity index (χ4v) is 5.84. The fraction of sp³-hybridized carbons (Fsp3) is 0.675. The van der Waals surface area contributed by atoms with Gasteiger partial charge in [0.25, 0.3) is 10.1 Å². The van der Waals surface area contributed by atoms with Gasteiger partial charge in [0.1, 0.15) is 0 Å². The minimum Gasteiger partial charge on any atom is -0.387 e. The van der Waals surface area contributed by atoms with Gasteiger partial charge in [-0.15, -0.1) is 0 Å². The summed E-state index contributed by atoms with van der Waals surface area (Å²) < 4.78 is 32.3. The Morgan fingerprint density at radius 1 is 0.596 bits per heavy atom. The summed E-state index contributed by atoms with van der Waals surface area (Å²) in [5, 5.41) is 13.1. The van der Waals surface area contributed by atoms with Gasteiger partial charge in [0, 0.05) is 6.42 Å². The predicted molar refractivity (Wildman–Crippen MR) is 202 cm³/mol. The monoisotopic (exact) mass is 675 g/mol. The third-order valence-corrected chi connectivity index (χ3v) is 8.65. The van der Waals surface area contributed by atoms with E-state index in [0.717, 1.165) is 64.2 Å². The molecule has 6 nitrogen and oxygen atoms in total. The minimum atomic E-state index is -4.35. The molecule has 0 aromatic heterocycles. The Kier molecular flexibility index (Phi) is 32.1. The zero-order chi connectivity index (χ0) is 34.7. The summed E-state index contributed by atoms with van der Waals surface area (Å²) in [6.45, 7) is 4.36. The van der Waals surface area contributed by atoms with Crippen LogP contribution in [0.5, 0.6) is 0 Å². The van der Waals surface area contributed by atoms with Crippen LogP contribution in [0.3, 0.4) is 0 Å². The quantitative estimate of drug-likeness (QED) is 0.0374. The smallest absolute Gasteiger partial charge is 0.267 e. The van der Waals surface area contributed by atoms with Gasteiger partial charge in [-0.05, 0) is 70.6 Å². The largest absolute Gasteiger partial charge is 0.387 e. The molecule has 0 spiro atoms. The minimum absolute atomic E-state index is 0.274. The van der Waals surface area contributed by atoms with Crippen LogP contribution in [0.2, 0.25) is 0 Å². The average molecular weight is 676 g/mol. The van der Waals surface area contributed by atoms with E-state index in [-0.39, 0.29) is 12.3 Å². The molecule has 3 N–H and O–H groups in total. The van der Waals surface area contributed by atoms with E-state index in [2.05, 4.69) is 79.9 Å².